The molecule has 1 aromatic carbocycles. The van der Waals surface area contributed by atoms with Crippen molar-refractivity contribution in [1.82, 2.24) is 5.32 Å². The van der Waals surface area contributed by atoms with Gasteiger partial charge in [-0.2, -0.15) is 0 Å². The number of methoxy groups -OCH3 is 2. The Hall–Kier alpha value is -2.34. The molecule has 0 fully saturated rings. The normalized spacial score (nSPS) is 11.5. The van der Waals surface area contributed by atoms with E-state index in [0.717, 1.165) is 0 Å². The molecule has 0 saturated heterocycles. The van der Waals surface area contributed by atoms with Crippen molar-refractivity contribution in [3.8, 4) is 11.5 Å². The van der Waals surface area contributed by atoms with Crippen molar-refractivity contribution < 1.29 is 24.2 Å². The van der Waals surface area contributed by atoms with E-state index in [1.807, 2.05) is 0 Å². The Kier molecular flexibility index (Phi) is 6.42. The molecular formula is C15H19NO5. The number of rotatable bonds is 9. The van der Waals surface area contributed by atoms with Crippen molar-refractivity contribution in [2.75, 3.05) is 20.8 Å². The van der Waals surface area contributed by atoms with Gasteiger partial charge in [0.25, 0.3) is 0 Å². The van der Waals surface area contributed by atoms with Gasteiger partial charge in [0.05, 0.1) is 26.7 Å². The minimum atomic E-state index is -1.05. The summed E-state index contributed by atoms with van der Waals surface area (Å²) in [5.41, 5.74) is 0.357. The predicted octanol–water partition coefficient (Wildman–Crippen LogP) is 1.51. The second-order valence-electron chi connectivity index (χ2n) is 4.28. The number of benzene rings is 1. The molecule has 0 heterocycles. The molecular weight excluding hydrogens is 274 g/mol. The third kappa shape index (κ3) is 4.61. The van der Waals surface area contributed by atoms with E-state index in [-0.39, 0.29) is 12.2 Å². The number of carboxylic acid groups (broad SMARTS) is 1. The molecule has 0 spiro atoms. The maximum absolute atomic E-state index is 12.4. The zero-order valence-electron chi connectivity index (χ0n) is 12.1. The van der Waals surface area contributed by atoms with E-state index in [9.17, 15) is 9.59 Å². The van der Waals surface area contributed by atoms with E-state index >= 15 is 0 Å². The molecule has 6 heteroatoms. The Bertz CT molecular complexity index is 527. The number of carbonyl (C=O) groups is 2. The first-order valence-electron chi connectivity index (χ1n) is 6.35. The molecule has 0 aliphatic carbocycles. The topological polar surface area (TPSA) is 84.9 Å². The van der Waals surface area contributed by atoms with E-state index in [0.29, 0.717) is 23.6 Å². The lowest BCUT2D eigenvalue weighted by molar-refractivity contribution is -0.137. The average molecular weight is 293 g/mol. The third-order valence-corrected chi connectivity index (χ3v) is 2.87. The van der Waals surface area contributed by atoms with Gasteiger partial charge in [-0.3, -0.25) is 9.59 Å². The number of hydrogen-bond acceptors (Lipinski definition) is 5. The summed E-state index contributed by atoms with van der Waals surface area (Å²) in [7, 11) is 2.97. The van der Waals surface area contributed by atoms with Crippen LogP contribution in [0, 0.1) is 0 Å². The molecule has 21 heavy (non-hydrogen) atoms. The van der Waals surface area contributed by atoms with Gasteiger partial charge in [-0.25, -0.2) is 0 Å². The van der Waals surface area contributed by atoms with E-state index in [1.165, 1.54) is 20.3 Å². The van der Waals surface area contributed by atoms with Crippen molar-refractivity contribution in [2.24, 2.45) is 0 Å². The van der Waals surface area contributed by atoms with Crippen molar-refractivity contribution in [3.63, 3.8) is 0 Å². The summed E-state index contributed by atoms with van der Waals surface area (Å²) in [5.74, 6) is -0.449. The van der Waals surface area contributed by atoms with Crippen LogP contribution in [-0.4, -0.2) is 43.7 Å². The second kappa shape index (κ2) is 8.06. The summed E-state index contributed by atoms with van der Waals surface area (Å²) in [6.07, 6.45) is 1.26. The zero-order chi connectivity index (χ0) is 15.8. The molecule has 6 nitrogen and oxygen atoms in total. The lowest BCUT2D eigenvalue weighted by Crippen LogP contribution is -2.38. The summed E-state index contributed by atoms with van der Waals surface area (Å²) < 4.78 is 10.2. The molecule has 0 bridgehead atoms. The van der Waals surface area contributed by atoms with Crippen LogP contribution in [-0.2, 0) is 4.79 Å². The number of aliphatic carboxylic acids is 1. The van der Waals surface area contributed by atoms with Gasteiger partial charge >= 0.3 is 5.97 Å². The summed E-state index contributed by atoms with van der Waals surface area (Å²) in [5, 5.41) is 11.7. The van der Waals surface area contributed by atoms with E-state index in [4.69, 9.17) is 14.6 Å². The van der Waals surface area contributed by atoms with Crippen LogP contribution >= 0.6 is 0 Å². The summed E-state index contributed by atoms with van der Waals surface area (Å²) in [6, 6.07) is 3.90. The molecule has 1 rings (SSSR count). The van der Waals surface area contributed by atoms with Crippen molar-refractivity contribution in [2.45, 2.75) is 12.5 Å². The van der Waals surface area contributed by atoms with Gasteiger partial charge in [-0.1, -0.05) is 6.08 Å². The number of nitrogens with one attached hydrogen (secondary N) is 1. The lowest BCUT2D eigenvalue weighted by Gasteiger charge is -2.16. The van der Waals surface area contributed by atoms with E-state index in [1.54, 1.807) is 18.2 Å². The fourth-order valence-electron chi connectivity index (χ4n) is 1.85. The summed E-state index contributed by atoms with van der Waals surface area (Å²) >= 11 is 0. The first-order valence-corrected chi connectivity index (χ1v) is 6.35. The molecule has 0 aromatic heterocycles. The predicted molar refractivity (Wildman–Crippen MR) is 78.1 cm³/mol. The number of carboxylic acids is 1. The Balaban J connectivity index is 3.01. The minimum absolute atomic E-state index is 0.305. The van der Waals surface area contributed by atoms with Crippen molar-refractivity contribution in [3.05, 3.63) is 36.4 Å². The van der Waals surface area contributed by atoms with E-state index in [2.05, 4.69) is 11.9 Å². The van der Waals surface area contributed by atoms with Gasteiger partial charge < -0.3 is 19.9 Å². The summed E-state index contributed by atoms with van der Waals surface area (Å²) in [6.45, 7) is 3.88. The van der Waals surface area contributed by atoms with Crippen LogP contribution in [0.1, 0.15) is 16.8 Å². The highest BCUT2D eigenvalue weighted by Gasteiger charge is 2.23. The number of carbonyl (C=O) groups excluding carboxylic acids is 1. The van der Waals surface area contributed by atoms with Gasteiger partial charge in [0, 0.05) is 12.1 Å². The van der Waals surface area contributed by atoms with Crippen LogP contribution in [0.25, 0.3) is 0 Å². The molecule has 0 aliphatic heterocycles. The van der Waals surface area contributed by atoms with Crippen LogP contribution in [0.15, 0.2) is 30.9 Å². The maximum Gasteiger partial charge on any atom is 0.305 e. The fraction of sp³-hybridized carbons (Fsp3) is 0.333. The van der Waals surface area contributed by atoms with Gasteiger partial charge in [0.15, 0.2) is 17.3 Å². The number of Topliss-reactive ketones (excluding diaryl/α,β-unsaturated/α-hetero) is 1. The zero-order valence-corrected chi connectivity index (χ0v) is 12.1. The number of ether oxygens (including phenoxy) is 2. The smallest absolute Gasteiger partial charge is 0.305 e. The van der Waals surface area contributed by atoms with Crippen LogP contribution in [0.2, 0.25) is 0 Å². The second-order valence-corrected chi connectivity index (χ2v) is 4.28. The van der Waals surface area contributed by atoms with E-state index < -0.39 is 12.0 Å². The fourth-order valence-corrected chi connectivity index (χ4v) is 1.85. The standard InChI is InChI=1S/C15H19NO5/c1-4-7-16-11(9-14(17)18)15(19)10-5-6-12(20-2)13(8-10)21-3/h4-6,8,11,16H,1,7,9H2,2-3H3,(H,17,18). The highest BCUT2D eigenvalue weighted by Crippen LogP contribution is 2.28. The quantitative estimate of drug-likeness (QED) is 0.530. The monoisotopic (exact) mass is 293 g/mol. The lowest BCUT2D eigenvalue weighted by atomic mass is 10.0. The van der Waals surface area contributed by atoms with Crippen LogP contribution in [0.3, 0.4) is 0 Å². The maximum atomic E-state index is 12.4. The van der Waals surface area contributed by atoms with Gasteiger partial charge in [-0.05, 0) is 18.2 Å². The molecule has 1 unspecified atom stereocenters. The number of hydrogen-bond donors (Lipinski definition) is 2. The number of ketones is 1. The highest BCUT2D eigenvalue weighted by molar-refractivity contribution is 6.02. The Morgan fingerprint density at radius 1 is 1.33 bits per heavy atom. The summed E-state index contributed by atoms with van der Waals surface area (Å²) in [4.78, 5) is 23.3. The van der Waals surface area contributed by atoms with Crippen LogP contribution in [0.5, 0.6) is 11.5 Å². The van der Waals surface area contributed by atoms with Crippen LogP contribution in [0.4, 0.5) is 0 Å². The third-order valence-electron chi connectivity index (χ3n) is 2.87. The minimum Gasteiger partial charge on any atom is -0.493 e. The molecule has 1 aromatic rings. The first kappa shape index (κ1) is 16.7. The molecule has 0 aliphatic rings. The van der Waals surface area contributed by atoms with Crippen LogP contribution < -0.4 is 14.8 Å². The molecule has 114 valence electrons. The van der Waals surface area contributed by atoms with Crippen molar-refractivity contribution >= 4 is 11.8 Å². The van der Waals surface area contributed by atoms with Crippen molar-refractivity contribution in [1.29, 1.82) is 0 Å². The molecule has 2 N–H and O–H groups in total. The molecule has 0 saturated carbocycles. The van der Waals surface area contributed by atoms with Gasteiger partial charge in [0.2, 0.25) is 0 Å². The molecule has 0 radical (unpaired) electrons. The largest absolute Gasteiger partial charge is 0.493 e. The average Bonchev–Trinajstić information content (AvgIpc) is 2.49. The Labute approximate surface area is 123 Å². The highest BCUT2D eigenvalue weighted by atomic mass is 16.5. The SMILES string of the molecule is C=CCNC(CC(=O)O)C(=O)c1ccc(OC)c(OC)c1. The van der Waals surface area contributed by atoms with Gasteiger partial charge in [-0.15, -0.1) is 6.58 Å². The Morgan fingerprint density at radius 3 is 2.52 bits per heavy atom. The Morgan fingerprint density at radius 2 is 2.00 bits per heavy atom. The molecule has 0 amide bonds. The molecule has 1 atom stereocenters. The van der Waals surface area contributed by atoms with Gasteiger partial charge in [0.1, 0.15) is 0 Å². The first-order chi connectivity index (χ1) is 10.0.